The minimum atomic E-state index is -1.70. The van der Waals surface area contributed by atoms with Gasteiger partial charge >= 0.3 is 0 Å². The Morgan fingerprint density at radius 2 is 1.92 bits per heavy atom. The Morgan fingerprint density at radius 3 is 2.56 bits per heavy atom. The number of hydrogen-bond donors (Lipinski definition) is 1. The van der Waals surface area contributed by atoms with Crippen molar-refractivity contribution in [3.63, 3.8) is 0 Å². The molecule has 1 heterocycles. The minimum Gasteiger partial charge on any atom is -0.417 e. The number of allylic oxidation sites excluding steroid dienone is 2. The highest BCUT2D eigenvalue weighted by Crippen LogP contribution is 2.36. The molecule has 1 N–H and O–H groups in total. The maximum Gasteiger partial charge on any atom is 0.191 e. The molecule has 0 amide bonds. The smallest absolute Gasteiger partial charge is 0.191 e. The van der Waals surface area contributed by atoms with Crippen LogP contribution in [0.25, 0.3) is 0 Å². The largest absolute Gasteiger partial charge is 0.417 e. The Kier molecular flexibility index (Phi) is 10.2. The SMILES string of the molecule is CC(C)(C)[Si](C)(C)OCC[C@@H](O)C/C=C\C=C\COC1CCCCO1. The first-order chi connectivity index (χ1) is 11.7. The van der Waals surface area contributed by atoms with Crippen LogP contribution in [-0.4, -0.2) is 45.6 Å². The zero-order valence-corrected chi connectivity index (χ0v) is 17.8. The van der Waals surface area contributed by atoms with Gasteiger partial charge in [-0.15, -0.1) is 0 Å². The molecule has 0 aromatic carbocycles. The molecule has 5 heteroatoms. The van der Waals surface area contributed by atoms with Gasteiger partial charge in [0.1, 0.15) is 0 Å². The van der Waals surface area contributed by atoms with Crippen molar-refractivity contribution in [2.75, 3.05) is 19.8 Å². The first kappa shape index (κ1) is 22.6. The summed E-state index contributed by atoms with van der Waals surface area (Å²) in [5.74, 6) is 0. The molecule has 1 aliphatic heterocycles. The van der Waals surface area contributed by atoms with Gasteiger partial charge in [0.15, 0.2) is 14.6 Å². The summed E-state index contributed by atoms with van der Waals surface area (Å²) in [7, 11) is -1.70. The third-order valence-electron chi connectivity index (χ3n) is 5.03. The fourth-order valence-corrected chi connectivity index (χ4v) is 3.30. The average molecular weight is 371 g/mol. The van der Waals surface area contributed by atoms with Gasteiger partial charge in [-0.2, -0.15) is 0 Å². The van der Waals surface area contributed by atoms with Crippen LogP contribution in [0.4, 0.5) is 0 Å². The maximum absolute atomic E-state index is 10.0. The van der Waals surface area contributed by atoms with Gasteiger partial charge in [0.05, 0.1) is 12.7 Å². The molecule has 2 atom stereocenters. The van der Waals surface area contributed by atoms with Crippen LogP contribution < -0.4 is 0 Å². The van der Waals surface area contributed by atoms with E-state index >= 15 is 0 Å². The van der Waals surface area contributed by atoms with E-state index in [0.29, 0.717) is 26.1 Å². The summed E-state index contributed by atoms with van der Waals surface area (Å²) in [6.45, 7) is 13.2. The van der Waals surface area contributed by atoms with E-state index in [2.05, 4.69) is 33.9 Å². The average Bonchev–Trinajstić information content (AvgIpc) is 2.53. The van der Waals surface area contributed by atoms with Crippen LogP contribution in [0.5, 0.6) is 0 Å². The van der Waals surface area contributed by atoms with Gasteiger partial charge in [0, 0.05) is 13.2 Å². The van der Waals surface area contributed by atoms with Gasteiger partial charge < -0.3 is 19.0 Å². The zero-order valence-electron chi connectivity index (χ0n) is 16.8. The van der Waals surface area contributed by atoms with Gasteiger partial charge in [-0.25, -0.2) is 0 Å². The third kappa shape index (κ3) is 9.71. The van der Waals surface area contributed by atoms with E-state index in [4.69, 9.17) is 13.9 Å². The summed E-state index contributed by atoms with van der Waals surface area (Å²) in [6, 6.07) is 0. The lowest BCUT2D eigenvalue weighted by Crippen LogP contribution is -2.41. The maximum atomic E-state index is 10.0. The summed E-state index contributed by atoms with van der Waals surface area (Å²) >= 11 is 0. The summed E-state index contributed by atoms with van der Waals surface area (Å²) in [5.41, 5.74) is 0. The van der Waals surface area contributed by atoms with Crippen molar-refractivity contribution in [2.24, 2.45) is 0 Å². The van der Waals surface area contributed by atoms with Crippen molar-refractivity contribution in [3.8, 4) is 0 Å². The molecular formula is C20H38O4Si. The van der Waals surface area contributed by atoms with E-state index < -0.39 is 8.32 Å². The highest BCUT2D eigenvalue weighted by Gasteiger charge is 2.36. The summed E-state index contributed by atoms with van der Waals surface area (Å²) < 4.78 is 17.2. The Labute approximate surface area is 155 Å². The summed E-state index contributed by atoms with van der Waals surface area (Å²) in [6.07, 6.45) is 12.2. The molecule has 1 aliphatic rings. The normalized spacial score (nSPS) is 21.3. The van der Waals surface area contributed by atoms with Crippen LogP contribution in [0.3, 0.4) is 0 Å². The molecular weight excluding hydrogens is 332 g/mol. The molecule has 1 unspecified atom stereocenters. The van der Waals surface area contributed by atoms with E-state index in [1.807, 2.05) is 24.3 Å². The molecule has 1 rings (SSSR count). The van der Waals surface area contributed by atoms with Crippen molar-refractivity contribution in [1.82, 2.24) is 0 Å². The van der Waals surface area contributed by atoms with Crippen LogP contribution in [0.2, 0.25) is 18.1 Å². The van der Waals surface area contributed by atoms with Crippen LogP contribution >= 0.6 is 0 Å². The summed E-state index contributed by atoms with van der Waals surface area (Å²) in [4.78, 5) is 0. The second-order valence-electron chi connectivity index (χ2n) is 8.27. The second-order valence-corrected chi connectivity index (χ2v) is 13.1. The molecule has 25 heavy (non-hydrogen) atoms. The number of aliphatic hydroxyl groups excluding tert-OH is 1. The fourth-order valence-electron chi connectivity index (χ4n) is 2.24. The van der Waals surface area contributed by atoms with Gasteiger partial charge in [-0.3, -0.25) is 0 Å². The lowest BCUT2D eigenvalue weighted by molar-refractivity contribution is -0.155. The van der Waals surface area contributed by atoms with Crippen molar-refractivity contribution in [2.45, 2.75) is 83.4 Å². The van der Waals surface area contributed by atoms with Gasteiger partial charge in [-0.1, -0.05) is 45.1 Å². The van der Waals surface area contributed by atoms with E-state index in [1.54, 1.807) is 0 Å². The molecule has 0 spiro atoms. The Bertz CT molecular complexity index is 406. The van der Waals surface area contributed by atoms with Crippen LogP contribution in [0.1, 0.15) is 52.9 Å². The lowest BCUT2D eigenvalue weighted by Gasteiger charge is -2.36. The number of aliphatic hydroxyl groups is 1. The van der Waals surface area contributed by atoms with Gasteiger partial charge in [-0.05, 0) is 50.2 Å². The van der Waals surface area contributed by atoms with Crippen molar-refractivity contribution in [1.29, 1.82) is 0 Å². The highest BCUT2D eigenvalue weighted by atomic mass is 28.4. The Balaban J connectivity index is 2.09. The Morgan fingerprint density at radius 1 is 1.20 bits per heavy atom. The quantitative estimate of drug-likeness (QED) is 0.443. The van der Waals surface area contributed by atoms with Crippen LogP contribution in [0, 0.1) is 0 Å². The monoisotopic (exact) mass is 370 g/mol. The van der Waals surface area contributed by atoms with Crippen molar-refractivity contribution in [3.05, 3.63) is 24.3 Å². The fraction of sp³-hybridized carbons (Fsp3) is 0.800. The van der Waals surface area contributed by atoms with Crippen molar-refractivity contribution >= 4 is 8.32 Å². The summed E-state index contributed by atoms with van der Waals surface area (Å²) in [5, 5.41) is 10.3. The lowest BCUT2D eigenvalue weighted by atomic mass is 10.2. The topological polar surface area (TPSA) is 47.9 Å². The number of ether oxygens (including phenoxy) is 2. The molecule has 0 saturated carbocycles. The molecule has 0 radical (unpaired) electrons. The molecule has 0 aliphatic carbocycles. The molecule has 0 aromatic rings. The molecule has 4 nitrogen and oxygen atoms in total. The molecule has 146 valence electrons. The molecule has 0 bridgehead atoms. The van der Waals surface area contributed by atoms with Crippen LogP contribution in [0.15, 0.2) is 24.3 Å². The van der Waals surface area contributed by atoms with E-state index in [9.17, 15) is 5.11 Å². The molecule has 1 fully saturated rings. The first-order valence-electron chi connectivity index (χ1n) is 9.59. The van der Waals surface area contributed by atoms with Crippen LogP contribution in [-0.2, 0) is 13.9 Å². The van der Waals surface area contributed by atoms with E-state index in [-0.39, 0.29) is 17.4 Å². The second kappa shape index (κ2) is 11.3. The minimum absolute atomic E-state index is 0.0369. The standard InChI is InChI=1S/C20H38O4Si/c1-20(2,3)25(4,5)24-17-14-18(21)12-8-6-7-10-15-22-19-13-9-11-16-23-19/h6-8,10,18-19,21H,9,11-17H2,1-5H3/b8-6-,10-7+/t18-,19?/m0/s1. The first-order valence-corrected chi connectivity index (χ1v) is 12.5. The predicted molar refractivity (Wildman–Crippen MR) is 106 cm³/mol. The number of hydrogen-bond acceptors (Lipinski definition) is 4. The van der Waals surface area contributed by atoms with E-state index in [1.165, 1.54) is 6.42 Å². The Hall–Kier alpha value is -0.463. The third-order valence-corrected chi connectivity index (χ3v) is 9.57. The zero-order chi connectivity index (χ0) is 18.8. The molecule has 1 saturated heterocycles. The number of rotatable bonds is 10. The van der Waals surface area contributed by atoms with E-state index in [0.717, 1.165) is 19.4 Å². The highest BCUT2D eigenvalue weighted by molar-refractivity contribution is 6.74. The molecule has 0 aromatic heterocycles. The van der Waals surface area contributed by atoms with Crippen molar-refractivity contribution < 1.29 is 19.0 Å². The predicted octanol–water partition coefficient (Wildman–Crippen LogP) is 4.80. The van der Waals surface area contributed by atoms with Gasteiger partial charge in [0.2, 0.25) is 0 Å². The van der Waals surface area contributed by atoms with Gasteiger partial charge in [0.25, 0.3) is 0 Å².